The molecule has 0 radical (unpaired) electrons. The van der Waals surface area contributed by atoms with E-state index < -0.39 is 0 Å². The Balaban J connectivity index is 1.93. The minimum atomic E-state index is 0.498. The zero-order valence-electron chi connectivity index (χ0n) is 10.3. The van der Waals surface area contributed by atoms with Gasteiger partial charge in [-0.05, 0) is 21.5 Å². The molecular formula is C14H9BrClN3O. The van der Waals surface area contributed by atoms with Gasteiger partial charge in [0.2, 0.25) is 0 Å². The van der Waals surface area contributed by atoms with E-state index in [0.29, 0.717) is 21.9 Å². The minimum Gasteiger partial charge on any atom is -0.354 e. The van der Waals surface area contributed by atoms with E-state index in [9.17, 15) is 0 Å². The Kier molecular flexibility index (Phi) is 3.80. The molecule has 2 aromatic heterocycles. The Morgan fingerprint density at radius 3 is 2.60 bits per heavy atom. The predicted octanol–water partition coefficient (Wildman–Crippen LogP) is 4.30. The van der Waals surface area contributed by atoms with Crippen LogP contribution in [0.2, 0.25) is 0 Å². The van der Waals surface area contributed by atoms with Crippen molar-refractivity contribution < 1.29 is 4.52 Å². The quantitative estimate of drug-likeness (QED) is 0.661. The third-order valence-electron chi connectivity index (χ3n) is 2.77. The molecule has 0 saturated heterocycles. The summed E-state index contributed by atoms with van der Waals surface area (Å²) in [5, 5.41) is 4.06. The maximum Gasteiger partial charge on any atom is 0.187 e. The summed E-state index contributed by atoms with van der Waals surface area (Å²) in [6, 6.07) is 9.70. The van der Waals surface area contributed by atoms with Crippen LogP contribution in [0, 0.1) is 0 Å². The summed E-state index contributed by atoms with van der Waals surface area (Å²) in [4.78, 5) is 8.33. The molecule has 20 heavy (non-hydrogen) atoms. The van der Waals surface area contributed by atoms with Crippen molar-refractivity contribution >= 4 is 27.5 Å². The summed E-state index contributed by atoms with van der Waals surface area (Å²) in [5.41, 5.74) is 3.42. The van der Waals surface area contributed by atoms with Crippen molar-refractivity contribution in [2.24, 2.45) is 0 Å². The molecule has 3 aromatic rings. The van der Waals surface area contributed by atoms with Crippen LogP contribution in [0.4, 0.5) is 0 Å². The minimum absolute atomic E-state index is 0.498. The molecule has 0 spiro atoms. The zero-order valence-corrected chi connectivity index (χ0v) is 12.6. The van der Waals surface area contributed by atoms with Gasteiger partial charge in [0.15, 0.2) is 5.76 Å². The van der Waals surface area contributed by atoms with E-state index in [1.54, 1.807) is 12.4 Å². The fourth-order valence-corrected chi connectivity index (χ4v) is 2.24. The third-order valence-corrected chi connectivity index (χ3v) is 3.46. The van der Waals surface area contributed by atoms with Gasteiger partial charge in [-0.3, -0.25) is 4.98 Å². The fraction of sp³-hybridized carbons (Fsp3) is 0.0714. The van der Waals surface area contributed by atoms with E-state index >= 15 is 0 Å². The van der Waals surface area contributed by atoms with Gasteiger partial charge in [0, 0.05) is 17.5 Å². The number of nitrogens with zero attached hydrogens (tertiary/aromatic N) is 3. The third kappa shape index (κ3) is 2.73. The summed E-state index contributed by atoms with van der Waals surface area (Å²) in [6.45, 7) is 0. The lowest BCUT2D eigenvalue weighted by atomic mass is 10.1. The molecule has 1 aromatic carbocycles. The predicted molar refractivity (Wildman–Crippen MR) is 80.2 cm³/mol. The van der Waals surface area contributed by atoms with Gasteiger partial charge in [0.25, 0.3) is 0 Å². The van der Waals surface area contributed by atoms with Crippen molar-refractivity contribution in [1.82, 2.24) is 15.1 Å². The van der Waals surface area contributed by atoms with Gasteiger partial charge in [0.05, 0.1) is 12.4 Å². The first-order valence-electron chi connectivity index (χ1n) is 5.86. The van der Waals surface area contributed by atoms with Crippen molar-refractivity contribution in [3.63, 3.8) is 0 Å². The molecule has 4 nitrogen and oxygen atoms in total. The number of hydrogen-bond acceptors (Lipinski definition) is 4. The number of alkyl halides is 1. The Labute approximate surface area is 128 Å². The average Bonchev–Trinajstić information content (AvgIpc) is 2.97. The molecule has 0 unspecified atom stereocenters. The molecule has 0 atom stereocenters. The van der Waals surface area contributed by atoms with E-state index in [1.807, 2.05) is 30.3 Å². The van der Waals surface area contributed by atoms with Crippen molar-refractivity contribution in [1.29, 1.82) is 0 Å². The highest BCUT2D eigenvalue weighted by Gasteiger charge is 2.10. The monoisotopic (exact) mass is 349 g/mol. The van der Waals surface area contributed by atoms with Crippen LogP contribution in [-0.4, -0.2) is 15.1 Å². The topological polar surface area (TPSA) is 51.8 Å². The van der Waals surface area contributed by atoms with Crippen molar-refractivity contribution in [2.75, 3.05) is 0 Å². The van der Waals surface area contributed by atoms with Gasteiger partial charge >= 0.3 is 0 Å². The van der Waals surface area contributed by atoms with Gasteiger partial charge < -0.3 is 4.52 Å². The van der Waals surface area contributed by atoms with Crippen LogP contribution in [0.1, 0.15) is 5.56 Å². The van der Waals surface area contributed by atoms with Crippen LogP contribution >= 0.6 is 27.5 Å². The first kappa shape index (κ1) is 13.3. The van der Waals surface area contributed by atoms with E-state index in [-0.39, 0.29) is 0 Å². The molecule has 0 fully saturated rings. The highest BCUT2D eigenvalue weighted by Crippen LogP contribution is 2.25. The second kappa shape index (κ2) is 5.73. The molecule has 6 heteroatoms. The van der Waals surface area contributed by atoms with Crippen molar-refractivity contribution in [3.8, 4) is 22.7 Å². The normalized spacial score (nSPS) is 10.7. The molecule has 2 heterocycles. The summed E-state index contributed by atoms with van der Waals surface area (Å²) >= 11 is 9.05. The second-order valence-corrected chi connectivity index (χ2v) is 5.21. The molecule has 0 aliphatic rings. The molecule has 0 aliphatic heterocycles. The van der Waals surface area contributed by atoms with Crippen molar-refractivity contribution in [3.05, 3.63) is 52.9 Å². The standard InChI is InChI=1S/C14H9BrClN3O/c15-14-8-17-7-12(18-14)13-5-11(19-20-13)10-3-1-9(6-16)2-4-10/h1-5,7-8H,6H2. The lowest BCUT2D eigenvalue weighted by Crippen LogP contribution is -1.84. The number of hydrogen-bond donors (Lipinski definition) is 0. The largest absolute Gasteiger partial charge is 0.354 e. The molecule has 3 rings (SSSR count). The van der Waals surface area contributed by atoms with Gasteiger partial charge in [-0.1, -0.05) is 29.4 Å². The summed E-state index contributed by atoms with van der Waals surface area (Å²) in [6.07, 6.45) is 3.25. The lowest BCUT2D eigenvalue weighted by Gasteiger charge is -1.97. The zero-order chi connectivity index (χ0) is 13.9. The maximum atomic E-state index is 5.77. The first-order chi connectivity index (χ1) is 9.76. The maximum absolute atomic E-state index is 5.77. The van der Waals surface area contributed by atoms with Gasteiger partial charge in [-0.2, -0.15) is 0 Å². The number of rotatable bonds is 3. The smallest absolute Gasteiger partial charge is 0.187 e. The van der Waals surface area contributed by atoms with Gasteiger partial charge in [-0.15, -0.1) is 11.6 Å². The number of aromatic nitrogens is 3. The molecule has 0 saturated carbocycles. The average molecular weight is 351 g/mol. The van der Waals surface area contributed by atoms with Crippen LogP contribution in [0.5, 0.6) is 0 Å². The van der Waals surface area contributed by atoms with Crippen molar-refractivity contribution in [2.45, 2.75) is 5.88 Å². The molecule has 0 amide bonds. The molecule has 0 aliphatic carbocycles. The summed E-state index contributed by atoms with van der Waals surface area (Å²) in [5.74, 6) is 1.08. The summed E-state index contributed by atoms with van der Waals surface area (Å²) in [7, 11) is 0. The van der Waals surface area contributed by atoms with Crippen LogP contribution in [0.3, 0.4) is 0 Å². The van der Waals surface area contributed by atoms with Crippen LogP contribution < -0.4 is 0 Å². The van der Waals surface area contributed by atoms with E-state index in [1.165, 1.54) is 0 Å². The van der Waals surface area contributed by atoms with Crippen LogP contribution in [0.15, 0.2) is 51.9 Å². The molecule has 0 bridgehead atoms. The lowest BCUT2D eigenvalue weighted by molar-refractivity contribution is 0.433. The molecular weight excluding hydrogens is 342 g/mol. The highest BCUT2D eigenvalue weighted by molar-refractivity contribution is 9.10. The highest BCUT2D eigenvalue weighted by atomic mass is 79.9. The molecule has 0 N–H and O–H groups in total. The van der Waals surface area contributed by atoms with Crippen LogP contribution in [0.25, 0.3) is 22.7 Å². The summed E-state index contributed by atoms with van der Waals surface area (Å²) < 4.78 is 5.97. The fourth-order valence-electron chi connectivity index (χ4n) is 1.76. The second-order valence-electron chi connectivity index (χ2n) is 4.13. The number of benzene rings is 1. The Hall–Kier alpha value is -1.72. The van der Waals surface area contributed by atoms with Gasteiger partial charge in [0.1, 0.15) is 16.0 Å². The Morgan fingerprint density at radius 2 is 1.90 bits per heavy atom. The first-order valence-corrected chi connectivity index (χ1v) is 7.19. The van der Waals surface area contributed by atoms with E-state index in [0.717, 1.165) is 16.8 Å². The SMILES string of the molecule is ClCc1ccc(-c2cc(-c3cncc(Br)n3)on2)cc1. The van der Waals surface area contributed by atoms with E-state index in [2.05, 4.69) is 31.1 Å². The van der Waals surface area contributed by atoms with Crippen LogP contribution in [-0.2, 0) is 5.88 Å². The Morgan fingerprint density at radius 1 is 1.10 bits per heavy atom. The Bertz CT molecular complexity index is 727. The van der Waals surface area contributed by atoms with Gasteiger partial charge in [-0.25, -0.2) is 4.98 Å². The number of halogens is 2. The molecule has 100 valence electrons. The van der Waals surface area contributed by atoms with E-state index in [4.69, 9.17) is 16.1 Å².